The van der Waals surface area contributed by atoms with Crippen molar-refractivity contribution in [3.63, 3.8) is 0 Å². The number of carbonyl (C=O) groups is 1. The van der Waals surface area contributed by atoms with E-state index in [4.69, 9.17) is 4.74 Å². The molecule has 0 unspecified atom stereocenters. The maximum absolute atomic E-state index is 12.3. The zero-order valence-corrected chi connectivity index (χ0v) is 13.2. The van der Waals surface area contributed by atoms with Crippen molar-refractivity contribution in [2.24, 2.45) is 0 Å². The molecule has 0 aliphatic carbocycles. The number of benzene rings is 1. The third kappa shape index (κ3) is 4.29. The van der Waals surface area contributed by atoms with Crippen LogP contribution in [0.4, 0.5) is 0 Å². The van der Waals surface area contributed by atoms with Crippen LogP contribution in [0.5, 0.6) is 0 Å². The number of carbonyl (C=O) groups excluding carboxylic acids is 1. The van der Waals surface area contributed by atoms with Crippen molar-refractivity contribution in [3.05, 3.63) is 35.9 Å². The van der Waals surface area contributed by atoms with Gasteiger partial charge in [0.25, 0.3) is 0 Å². The van der Waals surface area contributed by atoms with E-state index in [0.29, 0.717) is 6.54 Å². The molecule has 1 amide bonds. The Morgan fingerprint density at radius 3 is 2.71 bits per heavy atom. The summed E-state index contributed by atoms with van der Waals surface area (Å²) in [4.78, 5) is 14.4. The van der Waals surface area contributed by atoms with Gasteiger partial charge >= 0.3 is 0 Å². The van der Waals surface area contributed by atoms with Crippen LogP contribution in [0.1, 0.15) is 38.3 Å². The molecule has 0 spiro atoms. The van der Waals surface area contributed by atoms with E-state index in [1.54, 1.807) is 0 Å². The van der Waals surface area contributed by atoms with Gasteiger partial charge in [-0.05, 0) is 39.3 Å². The van der Waals surface area contributed by atoms with E-state index in [1.807, 2.05) is 32.2 Å². The van der Waals surface area contributed by atoms with Crippen molar-refractivity contribution in [3.8, 4) is 0 Å². The Morgan fingerprint density at radius 1 is 1.38 bits per heavy atom. The molecule has 1 saturated heterocycles. The van der Waals surface area contributed by atoms with Gasteiger partial charge in [-0.2, -0.15) is 0 Å². The number of hydrogen-bond acceptors (Lipinski definition) is 3. The van der Waals surface area contributed by atoms with Crippen LogP contribution in [0.3, 0.4) is 0 Å². The van der Waals surface area contributed by atoms with Crippen LogP contribution in [0, 0.1) is 0 Å². The van der Waals surface area contributed by atoms with Gasteiger partial charge in [0.05, 0.1) is 12.1 Å². The second-order valence-corrected chi connectivity index (χ2v) is 5.81. The van der Waals surface area contributed by atoms with Crippen molar-refractivity contribution in [2.75, 3.05) is 20.2 Å². The molecule has 0 bridgehead atoms. The van der Waals surface area contributed by atoms with Gasteiger partial charge in [0.1, 0.15) is 0 Å². The summed E-state index contributed by atoms with van der Waals surface area (Å²) in [6, 6.07) is 10.3. The summed E-state index contributed by atoms with van der Waals surface area (Å²) in [5.74, 6) is 0.0655. The van der Waals surface area contributed by atoms with Crippen molar-refractivity contribution < 1.29 is 9.53 Å². The maximum atomic E-state index is 12.3. The van der Waals surface area contributed by atoms with Gasteiger partial charge in [-0.1, -0.05) is 30.3 Å². The minimum absolute atomic E-state index is 0.0655. The van der Waals surface area contributed by atoms with Crippen LogP contribution in [0.2, 0.25) is 0 Å². The second-order valence-electron chi connectivity index (χ2n) is 5.81. The molecule has 0 aromatic heterocycles. The summed E-state index contributed by atoms with van der Waals surface area (Å²) in [6.45, 7) is 5.52. The molecule has 1 aromatic rings. The molecule has 1 aliphatic rings. The molecule has 1 heterocycles. The third-order valence-corrected chi connectivity index (χ3v) is 4.41. The lowest BCUT2D eigenvalue weighted by Crippen LogP contribution is -2.46. The Morgan fingerprint density at radius 2 is 2.10 bits per heavy atom. The van der Waals surface area contributed by atoms with Gasteiger partial charge in [0, 0.05) is 19.2 Å². The Kier molecular flexibility index (Phi) is 5.76. The standard InChI is InChI=1S/C17H26N2O2/c1-13(15-8-5-4-6-9-15)19(3)14(2)17(20)18-12-16-10-7-11-21-16/h4-6,8-9,13-14,16H,7,10-12H2,1-3H3,(H,18,20)/t13-,14-,16+/m1/s1. The topological polar surface area (TPSA) is 41.6 Å². The Bertz CT molecular complexity index is 443. The summed E-state index contributed by atoms with van der Waals surface area (Å²) in [5.41, 5.74) is 1.22. The van der Waals surface area contributed by atoms with Gasteiger partial charge in [-0.15, -0.1) is 0 Å². The molecular weight excluding hydrogens is 264 g/mol. The number of nitrogens with zero attached hydrogens (tertiary/aromatic N) is 1. The lowest BCUT2D eigenvalue weighted by Gasteiger charge is -2.30. The first kappa shape index (κ1) is 16.0. The van der Waals surface area contributed by atoms with Crippen molar-refractivity contribution >= 4 is 5.91 Å². The van der Waals surface area contributed by atoms with E-state index in [9.17, 15) is 4.79 Å². The van der Waals surface area contributed by atoms with E-state index in [1.165, 1.54) is 5.56 Å². The predicted octanol–water partition coefficient (Wildman–Crippen LogP) is 2.36. The quantitative estimate of drug-likeness (QED) is 0.874. The van der Waals surface area contributed by atoms with Crippen LogP contribution in [-0.2, 0) is 9.53 Å². The summed E-state index contributed by atoms with van der Waals surface area (Å²) >= 11 is 0. The zero-order chi connectivity index (χ0) is 15.2. The van der Waals surface area contributed by atoms with Crippen LogP contribution < -0.4 is 5.32 Å². The van der Waals surface area contributed by atoms with E-state index < -0.39 is 0 Å². The van der Waals surface area contributed by atoms with Gasteiger partial charge < -0.3 is 10.1 Å². The first-order valence-electron chi connectivity index (χ1n) is 7.75. The first-order valence-corrected chi connectivity index (χ1v) is 7.75. The van der Waals surface area contributed by atoms with Gasteiger partial charge in [-0.25, -0.2) is 0 Å². The van der Waals surface area contributed by atoms with E-state index in [-0.39, 0.29) is 24.1 Å². The Hall–Kier alpha value is -1.39. The summed E-state index contributed by atoms with van der Waals surface area (Å²) in [5, 5.41) is 3.01. The minimum atomic E-state index is -0.165. The van der Waals surface area contributed by atoms with Crippen molar-refractivity contribution in [1.29, 1.82) is 0 Å². The molecule has 21 heavy (non-hydrogen) atoms. The molecule has 1 N–H and O–H groups in total. The number of hydrogen-bond donors (Lipinski definition) is 1. The molecule has 2 rings (SSSR count). The fourth-order valence-corrected chi connectivity index (χ4v) is 2.65. The molecular formula is C17H26N2O2. The second kappa shape index (κ2) is 7.57. The number of rotatable bonds is 6. The van der Waals surface area contributed by atoms with Gasteiger partial charge in [0.2, 0.25) is 5.91 Å². The summed E-state index contributed by atoms with van der Waals surface area (Å²) < 4.78 is 5.53. The predicted molar refractivity (Wildman–Crippen MR) is 84.1 cm³/mol. The number of ether oxygens (including phenoxy) is 1. The van der Waals surface area contributed by atoms with Crippen LogP contribution in [-0.4, -0.2) is 43.2 Å². The lowest BCUT2D eigenvalue weighted by molar-refractivity contribution is -0.126. The molecule has 1 aliphatic heterocycles. The molecule has 116 valence electrons. The highest BCUT2D eigenvalue weighted by Gasteiger charge is 2.24. The number of amides is 1. The molecule has 4 nitrogen and oxygen atoms in total. The van der Waals surface area contributed by atoms with Crippen LogP contribution in [0.25, 0.3) is 0 Å². The molecule has 0 radical (unpaired) electrons. The average molecular weight is 290 g/mol. The van der Waals surface area contributed by atoms with Gasteiger partial charge in [0.15, 0.2) is 0 Å². The molecule has 0 saturated carbocycles. The minimum Gasteiger partial charge on any atom is -0.376 e. The van der Waals surface area contributed by atoms with Crippen LogP contribution >= 0.6 is 0 Å². The molecule has 3 atom stereocenters. The van der Waals surface area contributed by atoms with E-state index >= 15 is 0 Å². The monoisotopic (exact) mass is 290 g/mol. The smallest absolute Gasteiger partial charge is 0.237 e. The Balaban J connectivity index is 1.85. The van der Waals surface area contributed by atoms with Gasteiger partial charge in [-0.3, -0.25) is 9.69 Å². The zero-order valence-electron chi connectivity index (χ0n) is 13.2. The molecule has 4 heteroatoms. The van der Waals surface area contributed by atoms with Crippen molar-refractivity contribution in [1.82, 2.24) is 10.2 Å². The molecule has 1 aromatic carbocycles. The highest BCUT2D eigenvalue weighted by molar-refractivity contribution is 5.81. The average Bonchev–Trinajstić information content (AvgIpc) is 3.04. The third-order valence-electron chi connectivity index (χ3n) is 4.41. The highest BCUT2D eigenvalue weighted by Crippen LogP contribution is 2.20. The van der Waals surface area contributed by atoms with E-state index in [2.05, 4.69) is 29.3 Å². The summed E-state index contributed by atoms with van der Waals surface area (Å²) in [7, 11) is 1.99. The fraction of sp³-hybridized carbons (Fsp3) is 0.588. The first-order chi connectivity index (χ1) is 10.1. The largest absolute Gasteiger partial charge is 0.376 e. The summed E-state index contributed by atoms with van der Waals surface area (Å²) in [6.07, 6.45) is 2.34. The number of nitrogens with one attached hydrogen (secondary N) is 1. The lowest BCUT2D eigenvalue weighted by atomic mass is 10.1. The highest BCUT2D eigenvalue weighted by atomic mass is 16.5. The van der Waals surface area contributed by atoms with Crippen LogP contribution in [0.15, 0.2) is 30.3 Å². The van der Waals surface area contributed by atoms with E-state index in [0.717, 1.165) is 19.4 Å². The van der Waals surface area contributed by atoms with Crippen molar-refractivity contribution in [2.45, 2.75) is 44.9 Å². The maximum Gasteiger partial charge on any atom is 0.237 e. The normalized spacial score (nSPS) is 21.2. The molecule has 1 fully saturated rings. The Labute approximate surface area is 127 Å². The number of likely N-dealkylation sites (N-methyl/N-ethyl adjacent to an activating group) is 1. The SMILES string of the molecule is C[C@H](C(=O)NC[C@@H]1CCCO1)N(C)[C@H](C)c1ccccc1. The fourth-order valence-electron chi connectivity index (χ4n) is 2.65.